The third-order valence-electron chi connectivity index (χ3n) is 5.44. The van der Waals surface area contributed by atoms with Crippen LogP contribution < -0.4 is 9.84 Å². The van der Waals surface area contributed by atoms with Crippen molar-refractivity contribution in [2.75, 3.05) is 0 Å². The van der Waals surface area contributed by atoms with Gasteiger partial charge in [-0.05, 0) is 57.4 Å². The number of carboxylic acid groups (broad SMARTS) is 1. The minimum Gasteiger partial charge on any atom is -0.544 e. The molecule has 9 heteroatoms. The zero-order chi connectivity index (χ0) is 23.2. The molecule has 31 heavy (non-hydrogen) atoms. The second-order valence-electron chi connectivity index (χ2n) is 8.23. The first-order chi connectivity index (χ1) is 14.5. The summed E-state index contributed by atoms with van der Waals surface area (Å²) in [5.74, 6) is -8.68. The molecular formula is C22H27F2O7-. The fourth-order valence-electron chi connectivity index (χ4n) is 3.28. The van der Waals surface area contributed by atoms with Gasteiger partial charge in [-0.15, -0.1) is 0 Å². The molecule has 1 aromatic rings. The lowest BCUT2D eigenvalue weighted by Gasteiger charge is -2.35. The summed E-state index contributed by atoms with van der Waals surface area (Å²) in [7, 11) is 0. The number of benzene rings is 1. The van der Waals surface area contributed by atoms with Gasteiger partial charge in [-0.25, -0.2) is 9.59 Å². The highest BCUT2D eigenvalue weighted by atomic mass is 19.3. The Labute approximate surface area is 179 Å². The molecule has 0 spiro atoms. The molecule has 1 aliphatic rings. The van der Waals surface area contributed by atoms with Gasteiger partial charge < -0.3 is 24.1 Å². The lowest BCUT2D eigenvalue weighted by atomic mass is 9.83. The Bertz CT molecular complexity index is 784. The topological polar surface area (TPSA) is 102 Å². The summed E-state index contributed by atoms with van der Waals surface area (Å²) in [6, 6.07) is 5.02. The molecule has 7 nitrogen and oxygen atoms in total. The SMILES string of the molecule is CCC(C)(C)OC(=O)Oc1ccc(C(=O)OC(C2CCCCC2)C(F)(F)C(=O)[O-])cc1. The number of aliphatic carboxylic acids is 1. The molecule has 1 fully saturated rings. The van der Waals surface area contributed by atoms with E-state index in [2.05, 4.69) is 0 Å². The van der Waals surface area contributed by atoms with E-state index < -0.39 is 41.6 Å². The van der Waals surface area contributed by atoms with E-state index in [4.69, 9.17) is 14.2 Å². The van der Waals surface area contributed by atoms with Gasteiger partial charge >= 0.3 is 18.0 Å². The van der Waals surface area contributed by atoms with Crippen molar-refractivity contribution >= 4 is 18.1 Å². The summed E-state index contributed by atoms with van der Waals surface area (Å²) in [6.07, 6.45) is 0.366. The maximum Gasteiger partial charge on any atom is 0.514 e. The average Bonchev–Trinajstić information content (AvgIpc) is 2.72. The van der Waals surface area contributed by atoms with Gasteiger partial charge in [-0.3, -0.25) is 0 Å². The van der Waals surface area contributed by atoms with E-state index in [0.717, 1.165) is 6.42 Å². The lowest BCUT2D eigenvalue weighted by molar-refractivity contribution is -0.337. The fraction of sp³-hybridized carbons (Fsp3) is 0.591. The van der Waals surface area contributed by atoms with Crippen molar-refractivity contribution in [3.63, 3.8) is 0 Å². The van der Waals surface area contributed by atoms with Crippen LogP contribution in [0.1, 0.15) is 69.7 Å². The van der Waals surface area contributed by atoms with Crippen molar-refractivity contribution in [3.8, 4) is 5.75 Å². The third-order valence-corrected chi connectivity index (χ3v) is 5.44. The molecule has 0 amide bonds. The largest absolute Gasteiger partial charge is 0.544 e. The molecule has 0 heterocycles. The van der Waals surface area contributed by atoms with E-state index in [1.807, 2.05) is 6.92 Å². The smallest absolute Gasteiger partial charge is 0.514 e. The number of carbonyl (C=O) groups excluding carboxylic acids is 3. The average molecular weight is 441 g/mol. The summed E-state index contributed by atoms with van der Waals surface area (Å²) < 4.78 is 43.6. The number of hydrogen-bond acceptors (Lipinski definition) is 7. The van der Waals surface area contributed by atoms with Gasteiger partial charge in [0.25, 0.3) is 0 Å². The van der Waals surface area contributed by atoms with Crippen LogP contribution in [-0.2, 0) is 14.3 Å². The van der Waals surface area contributed by atoms with Crippen molar-refractivity contribution < 1.29 is 42.5 Å². The van der Waals surface area contributed by atoms with E-state index in [0.29, 0.717) is 32.1 Å². The van der Waals surface area contributed by atoms with Crippen LogP contribution in [0.25, 0.3) is 0 Å². The van der Waals surface area contributed by atoms with Gasteiger partial charge in [-0.2, -0.15) is 8.78 Å². The van der Waals surface area contributed by atoms with E-state index in [1.165, 1.54) is 24.3 Å². The Kier molecular flexibility index (Phi) is 7.97. The minimum absolute atomic E-state index is 0.0809. The highest BCUT2D eigenvalue weighted by Gasteiger charge is 2.48. The first-order valence-electron chi connectivity index (χ1n) is 10.3. The van der Waals surface area contributed by atoms with E-state index in [9.17, 15) is 28.3 Å². The normalized spacial score (nSPS) is 16.3. The Hall–Kier alpha value is -2.71. The first-order valence-corrected chi connectivity index (χ1v) is 10.3. The maximum atomic E-state index is 14.2. The quantitative estimate of drug-likeness (QED) is 0.446. The number of halogens is 2. The van der Waals surface area contributed by atoms with Gasteiger partial charge in [0.2, 0.25) is 0 Å². The number of rotatable bonds is 8. The third kappa shape index (κ3) is 6.63. The zero-order valence-corrected chi connectivity index (χ0v) is 17.8. The van der Waals surface area contributed by atoms with Gasteiger partial charge in [0.1, 0.15) is 17.3 Å². The summed E-state index contributed by atoms with van der Waals surface area (Å²) in [5.41, 5.74) is -0.802. The predicted molar refractivity (Wildman–Crippen MR) is 104 cm³/mol. The molecular weight excluding hydrogens is 414 g/mol. The highest BCUT2D eigenvalue weighted by Crippen LogP contribution is 2.36. The van der Waals surface area contributed by atoms with Gasteiger partial charge in [0.05, 0.1) is 5.56 Å². The monoisotopic (exact) mass is 441 g/mol. The van der Waals surface area contributed by atoms with Crippen molar-refractivity contribution in [2.45, 2.75) is 76.9 Å². The van der Waals surface area contributed by atoms with E-state index >= 15 is 0 Å². The number of carbonyl (C=O) groups is 3. The van der Waals surface area contributed by atoms with E-state index in [1.54, 1.807) is 13.8 Å². The van der Waals surface area contributed by atoms with Crippen molar-refractivity contribution in [2.24, 2.45) is 5.92 Å². The zero-order valence-electron chi connectivity index (χ0n) is 17.8. The molecule has 0 aliphatic heterocycles. The number of carboxylic acids is 1. The minimum atomic E-state index is -4.31. The van der Waals surface area contributed by atoms with Crippen molar-refractivity contribution in [1.82, 2.24) is 0 Å². The van der Waals surface area contributed by atoms with Crippen molar-refractivity contribution in [3.05, 3.63) is 29.8 Å². The number of hydrogen-bond donors (Lipinski definition) is 0. The van der Waals surface area contributed by atoms with Crippen LogP contribution in [0.3, 0.4) is 0 Å². The molecule has 172 valence electrons. The molecule has 1 aliphatic carbocycles. The van der Waals surface area contributed by atoms with Crippen LogP contribution in [0.15, 0.2) is 24.3 Å². The molecule has 0 N–H and O–H groups in total. The Morgan fingerprint density at radius 3 is 2.19 bits per heavy atom. The summed E-state index contributed by atoms with van der Waals surface area (Å²) >= 11 is 0. The van der Waals surface area contributed by atoms with E-state index in [-0.39, 0.29) is 11.3 Å². The number of alkyl halides is 2. The van der Waals surface area contributed by atoms with Crippen LogP contribution in [0.4, 0.5) is 13.6 Å². The van der Waals surface area contributed by atoms with Crippen LogP contribution in [0, 0.1) is 5.92 Å². The molecule has 1 atom stereocenters. The molecule has 0 bridgehead atoms. The molecule has 1 saturated carbocycles. The molecule has 0 radical (unpaired) electrons. The summed E-state index contributed by atoms with van der Waals surface area (Å²) in [4.78, 5) is 35.2. The van der Waals surface area contributed by atoms with Crippen LogP contribution in [0.5, 0.6) is 5.75 Å². The summed E-state index contributed by atoms with van der Waals surface area (Å²) in [5, 5.41) is 11.0. The predicted octanol–water partition coefficient (Wildman–Crippen LogP) is 3.88. The van der Waals surface area contributed by atoms with Crippen molar-refractivity contribution in [1.29, 1.82) is 0 Å². The van der Waals surface area contributed by atoms with Gasteiger partial charge in [-0.1, -0.05) is 26.2 Å². The number of ether oxygens (including phenoxy) is 3. The number of esters is 1. The Morgan fingerprint density at radius 1 is 1.10 bits per heavy atom. The first kappa shape index (κ1) is 24.6. The van der Waals surface area contributed by atoms with Gasteiger partial charge in [0, 0.05) is 5.92 Å². The molecule has 0 aromatic heterocycles. The van der Waals surface area contributed by atoms with Crippen LogP contribution in [-0.4, -0.2) is 35.7 Å². The standard InChI is InChI=1S/C22H28F2O7/c1-4-21(2,3)31-20(28)29-16-12-10-15(11-13-16)18(25)30-17(22(23,24)19(26)27)14-8-6-5-7-9-14/h10-14,17H,4-9H2,1-3H3,(H,26,27)/p-1. The lowest BCUT2D eigenvalue weighted by Crippen LogP contribution is -2.54. The fourth-order valence-corrected chi connectivity index (χ4v) is 3.28. The second-order valence-corrected chi connectivity index (χ2v) is 8.23. The molecule has 2 rings (SSSR count). The molecule has 1 aromatic carbocycles. The van der Waals surface area contributed by atoms with Crippen LogP contribution >= 0.6 is 0 Å². The summed E-state index contributed by atoms with van der Waals surface area (Å²) in [6.45, 7) is 5.29. The molecule has 0 saturated heterocycles. The van der Waals surface area contributed by atoms with Crippen LogP contribution in [0.2, 0.25) is 0 Å². The maximum absolute atomic E-state index is 14.2. The second kappa shape index (κ2) is 10.1. The highest BCUT2D eigenvalue weighted by molar-refractivity contribution is 5.90. The Morgan fingerprint density at radius 2 is 1.68 bits per heavy atom. The molecule has 1 unspecified atom stereocenters. The Balaban J connectivity index is 2.08. The van der Waals surface area contributed by atoms with Gasteiger partial charge in [0.15, 0.2) is 6.10 Å².